The number of H-pyrrole nitrogens is 1. The summed E-state index contributed by atoms with van der Waals surface area (Å²) < 4.78 is 5.44. The van der Waals surface area contributed by atoms with Crippen molar-refractivity contribution >= 4 is 22.7 Å². The van der Waals surface area contributed by atoms with Gasteiger partial charge in [-0.3, -0.25) is 0 Å². The van der Waals surface area contributed by atoms with Gasteiger partial charge in [0.25, 0.3) is 0 Å². The van der Waals surface area contributed by atoms with Crippen molar-refractivity contribution in [1.29, 1.82) is 0 Å². The van der Waals surface area contributed by atoms with Gasteiger partial charge in [-0.15, -0.1) is 0 Å². The monoisotopic (exact) mass is 301 g/mol. The minimum absolute atomic E-state index is 0.217. The Labute approximate surface area is 130 Å². The molecule has 5 nitrogen and oxygen atoms in total. The van der Waals surface area contributed by atoms with E-state index in [1.165, 1.54) is 11.1 Å². The van der Waals surface area contributed by atoms with Crippen LogP contribution in [0.25, 0.3) is 10.9 Å². The van der Waals surface area contributed by atoms with E-state index in [0.717, 1.165) is 18.6 Å². The Hall–Kier alpha value is -2.17. The molecule has 1 N–H and O–H groups in total. The standard InChI is InChI=1S/C17H23N3O2/c1-17(2,3)22-16(21)20-10-8-19(9-11-20)15-12-18-14-7-5-4-6-13(14)15/h4-7,12,18H,8-11H2,1-3H3. The molecule has 22 heavy (non-hydrogen) atoms. The summed E-state index contributed by atoms with van der Waals surface area (Å²) in [6.07, 6.45) is 1.83. The molecule has 1 saturated heterocycles. The number of carbonyl (C=O) groups is 1. The zero-order chi connectivity index (χ0) is 15.7. The van der Waals surface area contributed by atoms with Gasteiger partial charge in [0.05, 0.1) is 5.69 Å². The van der Waals surface area contributed by atoms with Crippen molar-refractivity contribution in [1.82, 2.24) is 9.88 Å². The van der Waals surface area contributed by atoms with E-state index in [1.54, 1.807) is 4.90 Å². The van der Waals surface area contributed by atoms with Crippen LogP contribution < -0.4 is 4.90 Å². The maximum atomic E-state index is 12.1. The summed E-state index contributed by atoms with van der Waals surface area (Å²) in [5.41, 5.74) is 1.91. The van der Waals surface area contributed by atoms with Crippen LogP contribution in [0.2, 0.25) is 0 Å². The summed E-state index contributed by atoms with van der Waals surface area (Å²) in [7, 11) is 0. The molecule has 118 valence electrons. The van der Waals surface area contributed by atoms with Gasteiger partial charge >= 0.3 is 6.09 Å². The molecule has 3 rings (SSSR count). The molecular formula is C17H23N3O2. The fourth-order valence-electron chi connectivity index (χ4n) is 2.77. The lowest BCUT2D eigenvalue weighted by Crippen LogP contribution is -2.50. The lowest BCUT2D eigenvalue weighted by Gasteiger charge is -2.36. The molecule has 0 saturated carbocycles. The zero-order valence-electron chi connectivity index (χ0n) is 13.4. The molecule has 1 aromatic heterocycles. The molecule has 1 aliphatic heterocycles. The topological polar surface area (TPSA) is 48.6 Å². The number of para-hydroxylation sites is 1. The third-order valence-corrected chi connectivity index (χ3v) is 3.84. The number of piperazine rings is 1. The number of hydrogen-bond acceptors (Lipinski definition) is 3. The van der Waals surface area contributed by atoms with Gasteiger partial charge in [-0.2, -0.15) is 0 Å². The second kappa shape index (κ2) is 5.55. The number of fused-ring (bicyclic) bond motifs is 1. The van der Waals surface area contributed by atoms with E-state index in [-0.39, 0.29) is 6.09 Å². The molecule has 0 aliphatic carbocycles. The maximum absolute atomic E-state index is 12.1. The van der Waals surface area contributed by atoms with Gasteiger partial charge in [0.2, 0.25) is 0 Å². The highest BCUT2D eigenvalue weighted by Gasteiger charge is 2.26. The molecule has 1 fully saturated rings. The summed E-state index contributed by atoms with van der Waals surface area (Å²) >= 11 is 0. The molecule has 2 heterocycles. The number of rotatable bonds is 1. The molecule has 0 atom stereocenters. The third-order valence-electron chi connectivity index (χ3n) is 3.84. The minimum Gasteiger partial charge on any atom is -0.444 e. The van der Waals surface area contributed by atoms with Crippen LogP contribution >= 0.6 is 0 Å². The number of nitrogens with zero attached hydrogens (tertiary/aromatic N) is 2. The summed E-state index contributed by atoms with van der Waals surface area (Å²) in [4.78, 5) is 19.5. The van der Waals surface area contributed by atoms with Gasteiger partial charge in [0.15, 0.2) is 0 Å². The SMILES string of the molecule is CC(C)(C)OC(=O)N1CCN(c2c[nH]c3ccccc23)CC1. The molecule has 0 radical (unpaired) electrons. The first-order valence-electron chi connectivity index (χ1n) is 7.73. The normalized spacial score (nSPS) is 16.1. The fraction of sp³-hybridized carbons (Fsp3) is 0.471. The fourth-order valence-corrected chi connectivity index (χ4v) is 2.77. The zero-order valence-corrected chi connectivity index (χ0v) is 13.4. The van der Waals surface area contributed by atoms with E-state index in [0.29, 0.717) is 13.1 Å². The first-order chi connectivity index (χ1) is 10.4. The smallest absolute Gasteiger partial charge is 0.410 e. The van der Waals surface area contributed by atoms with Crippen LogP contribution in [-0.2, 0) is 4.74 Å². The Kier molecular flexibility index (Phi) is 3.72. The van der Waals surface area contributed by atoms with E-state index < -0.39 is 5.60 Å². The van der Waals surface area contributed by atoms with Crippen LogP contribution in [0.15, 0.2) is 30.5 Å². The summed E-state index contributed by atoms with van der Waals surface area (Å²) in [5.74, 6) is 0. The summed E-state index contributed by atoms with van der Waals surface area (Å²) in [6.45, 7) is 8.71. The average Bonchev–Trinajstić information content (AvgIpc) is 2.89. The number of anilines is 1. The van der Waals surface area contributed by atoms with E-state index in [2.05, 4.69) is 28.1 Å². The minimum atomic E-state index is -0.439. The molecule has 2 aromatic rings. The quantitative estimate of drug-likeness (QED) is 0.880. The highest BCUT2D eigenvalue weighted by molar-refractivity contribution is 5.92. The Balaban J connectivity index is 1.66. The van der Waals surface area contributed by atoms with Crippen molar-refractivity contribution < 1.29 is 9.53 Å². The Morgan fingerprint density at radius 1 is 1.14 bits per heavy atom. The van der Waals surface area contributed by atoms with Crippen LogP contribution in [0.5, 0.6) is 0 Å². The molecule has 1 aliphatic rings. The molecular weight excluding hydrogens is 278 g/mol. The number of benzene rings is 1. The number of hydrogen-bond donors (Lipinski definition) is 1. The molecule has 5 heteroatoms. The molecule has 1 aromatic carbocycles. The number of nitrogens with one attached hydrogen (secondary N) is 1. The largest absolute Gasteiger partial charge is 0.444 e. The number of carbonyl (C=O) groups excluding carboxylic acids is 1. The van der Waals surface area contributed by atoms with Crippen molar-refractivity contribution in [2.45, 2.75) is 26.4 Å². The Morgan fingerprint density at radius 2 is 1.82 bits per heavy atom. The average molecular weight is 301 g/mol. The Morgan fingerprint density at radius 3 is 2.50 bits per heavy atom. The summed E-state index contributed by atoms with van der Waals surface area (Å²) in [5, 5.41) is 1.23. The van der Waals surface area contributed by atoms with Crippen molar-refractivity contribution in [3.63, 3.8) is 0 Å². The maximum Gasteiger partial charge on any atom is 0.410 e. The van der Waals surface area contributed by atoms with Crippen molar-refractivity contribution in [3.8, 4) is 0 Å². The van der Waals surface area contributed by atoms with Crippen LogP contribution in [0.1, 0.15) is 20.8 Å². The van der Waals surface area contributed by atoms with E-state index >= 15 is 0 Å². The van der Waals surface area contributed by atoms with Crippen molar-refractivity contribution in [2.75, 3.05) is 31.1 Å². The lowest BCUT2D eigenvalue weighted by atomic mass is 10.2. The van der Waals surface area contributed by atoms with E-state index in [9.17, 15) is 4.79 Å². The van der Waals surface area contributed by atoms with Crippen LogP contribution in [0, 0.1) is 0 Å². The molecule has 1 amide bonds. The van der Waals surface area contributed by atoms with Crippen LogP contribution in [-0.4, -0.2) is 47.8 Å². The van der Waals surface area contributed by atoms with Gasteiger partial charge in [-0.05, 0) is 26.8 Å². The third kappa shape index (κ3) is 3.03. The van der Waals surface area contributed by atoms with Gasteiger partial charge in [-0.25, -0.2) is 4.79 Å². The Bertz CT molecular complexity index is 664. The van der Waals surface area contributed by atoms with E-state index in [4.69, 9.17) is 4.74 Å². The van der Waals surface area contributed by atoms with Gasteiger partial charge in [-0.1, -0.05) is 18.2 Å². The van der Waals surface area contributed by atoms with Gasteiger partial charge < -0.3 is 19.5 Å². The number of aromatic nitrogens is 1. The molecule has 0 bridgehead atoms. The second-order valence-electron chi connectivity index (χ2n) is 6.67. The van der Waals surface area contributed by atoms with Crippen LogP contribution in [0.3, 0.4) is 0 Å². The predicted molar refractivity (Wildman–Crippen MR) is 88.3 cm³/mol. The highest BCUT2D eigenvalue weighted by Crippen LogP contribution is 2.27. The predicted octanol–water partition coefficient (Wildman–Crippen LogP) is 3.23. The van der Waals surface area contributed by atoms with Crippen molar-refractivity contribution in [2.24, 2.45) is 0 Å². The van der Waals surface area contributed by atoms with Gasteiger partial charge in [0, 0.05) is 43.3 Å². The van der Waals surface area contributed by atoms with Gasteiger partial charge in [0.1, 0.15) is 5.60 Å². The highest BCUT2D eigenvalue weighted by atomic mass is 16.6. The number of amides is 1. The summed E-state index contributed by atoms with van der Waals surface area (Å²) in [6, 6.07) is 8.29. The molecule has 0 unspecified atom stereocenters. The van der Waals surface area contributed by atoms with Crippen LogP contribution in [0.4, 0.5) is 10.5 Å². The number of ether oxygens (including phenoxy) is 1. The van der Waals surface area contributed by atoms with Crippen molar-refractivity contribution in [3.05, 3.63) is 30.5 Å². The second-order valence-corrected chi connectivity index (χ2v) is 6.67. The first-order valence-corrected chi connectivity index (χ1v) is 7.73. The number of aromatic amines is 1. The molecule has 0 spiro atoms. The lowest BCUT2D eigenvalue weighted by molar-refractivity contribution is 0.0241. The van der Waals surface area contributed by atoms with E-state index in [1.807, 2.05) is 33.0 Å². The first kappa shape index (κ1) is 14.8.